The van der Waals surface area contributed by atoms with E-state index in [0.29, 0.717) is 6.42 Å². The first-order chi connectivity index (χ1) is 33.7. The molecule has 398 valence electrons. The van der Waals surface area contributed by atoms with Gasteiger partial charge in [0.15, 0.2) is 0 Å². The number of hydrogen-bond donors (Lipinski definition) is 3. The molecule has 0 saturated heterocycles. The molecular weight excluding hydrogens is 831 g/mol. The van der Waals surface area contributed by atoms with Crippen LogP contribution in [0.2, 0.25) is 0 Å². The minimum atomic E-state index is -0.872. The van der Waals surface area contributed by atoms with Gasteiger partial charge in [-0.1, -0.05) is 299 Å². The van der Waals surface area contributed by atoms with E-state index >= 15 is 0 Å². The maximum atomic E-state index is 12.5. The maximum Gasteiger partial charge on any atom is 0.220 e. The standard InChI is InChI=1S/C64H119NO3/c1-3-5-7-9-11-13-15-17-19-21-23-25-27-28-29-30-31-32-33-34-35-36-38-40-42-44-46-48-50-52-54-56-58-60-64(68)65-62(61-66)63(67)59-57-55-53-51-49-47-45-43-41-39-37-26-24-22-20-18-16-14-12-10-8-6-4-2/h15,17,21,23,41,43,49,51,57,59,62-63,66-67H,3-14,16,18-20,22,24-40,42,44-48,50,52-56,58,60-61H2,1-2H3,(H,65,68)/b17-15-,23-21-,43-41+,51-49+,59-57+. The zero-order valence-electron chi connectivity index (χ0n) is 45.9. The number of aliphatic hydroxyl groups is 2. The monoisotopic (exact) mass is 950 g/mol. The Morgan fingerprint density at radius 1 is 0.353 bits per heavy atom. The van der Waals surface area contributed by atoms with E-state index in [4.69, 9.17) is 0 Å². The van der Waals surface area contributed by atoms with E-state index in [-0.39, 0.29) is 12.5 Å². The molecule has 2 unspecified atom stereocenters. The predicted molar refractivity (Wildman–Crippen MR) is 304 cm³/mol. The van der Waals surface area contributed by atoms with Crippen molar-refractivity contribution in [2.24, 2.45) is 0 Å². The third-order valence-electron chi connectivity index (χ3n) is 14.0. The first-order valence-electron chi connectivity index (χ1n) is 30.5. The van der Waals surface area contributed by atoms with Gasteiger partial charge in [-0.3, -0.25) is 4.79 Å². The van der Waals surface area contributed by atoms with Crippen LogP contribution in [-0.4, -0.2) is 34.9 Å². The molecule has 0 radical (unpaired) electrons. The Hall–Kier alpha value is -1.91. The van der Waals surface area contributed by atoms with Crippen LogP contribution >= 0.6 is 0 Å². The van der Waals surface area contributed by atoms with Crippen LogP contribution in [0.15, 0.2) is 60.8 Å². The quantitative estimate of drug-likeness (QED) is 0.0420. The molecule has 0 aliphatic carbocycles. The number of carbonyl (C=O) groups is 1. The molecule has 4 heteroatoms. The molecular formula is C64H119NO3. The maximum absolute atomic E-state index is 12.5. The first kappa shape index (κ1) is 66.1. The summed E-state index contributed by atoms with van der Waals surface area (Å²) < 4.78 is 0. The minimum absolute atomic E-state index is 0.0735. The highest BCUT2D eigenvalue weighted by molar-refractivity contribution is 5.76. The van der Waals surface area contributed by atoms with Crippen molar-refractivity contribution in [3.63, 3.8) is 0 Å². The lowest BCUT2D eigenvalue weighted by Crippen LogP contribution is -2.45. The molecule has 0 aromatic carbocycles. The van der Waals surface area contributed by atoms with Gasteiger partial charge in [0.1, 0.15) is 0 Å². The number of nitrogens with one attached hydrogen (secondary N) is 1. The molecule has 0 aromatic rings. The molecule has 0 saturated carbocycles. The molecule has 68 heavy (non-hydrogen) atoms. The fourth-order valence-corrected chi connectivity index (χ4v) is 9.30. The number of carbonyl (C=O) groups excluding carboxylic acids is 1. The molecule has 0 bridgehead atoms. The second-order valence-corrected chi connectivity index (χ2v) is 20.7. The van der Waals surface area contributed by atoms with Gasteiger partial charge < -0.3 is 15.5 Å². The molecule has 0 aliphatic rings. The van der Waals surface area contributed by atoms with Crippen molar-refractivity contribution in [2.75, 3.05) is 6.61 Å². The molecule has 1 amide bonds. The van der Waals surface area contributed by atoms with E-state index in [9.17, 15) is 15.0 Å². The Labute approximate surface area is 426 Å². The Bertz CT molecular complexity index is 1120. The average molecular weight is 951 g/mol. The summed E-state index contributed by atoms with van der Waals surface area (Å²) in [6.45, 7) is 4.31. The van der Waals surface area contributed by atoms with E-state index in [1.54, 1.807) is 6.08 Å². The SMILES string of the molecule is CCCCCCC/C=C\C/C=C\CCCCCCCCCCCCCCCCCCCCCCCC(=O)NC(CO)C(O)/C=C/CC/C=C/CC/C=C/CCCCCCCCCCCCCCC. The number of rotatable bonds is 56. The Kier molecular flexibility index (Phi) is 57.7. The Morgan fingerprint density at radius 3 is 0.941 bits per heavy atom. The lowest BCUT2D eigenvalue weighted by atomic mass is 10.0. The van der Waals surface area contributed by atoms with Crippen LogP contribution < -0.4 is 5.32 Å². The summed E-state index contributed by atoms with van der Waals surface area (Å²) in [4.78, 5) is 12.5. The van der Waals surface area contributed by atoms with Crippen LogP contribution in [0.5, 0.6) is 0 Å². The lowest BCUT2D eigenvalue weighted by Gasteiger charge is -2.19. The third-order valence-corrected chi connectivity index (χ3v) is 14.0. The zero-order chi connectivity index (χ0) is 49.2. The molecule has 0 spiro atoms. The van der Waals surface area contributed by atoms with E-state index in [0.717, 1.165) is 44.9 Å². The largest absolute Gasteiger partial charge is 0.394 e. The summed E-state index contributed by atoms with van der Waals surface area (Å²) in [5, 5.41) is 23.2. The second-order valence-electron chi connectivity index (χ2n) is 20.7. The second kappa shape index (κ2) is 59.4. The van der Waals surface area contributed by atoms with Gasteiger partial charge >= 0.3 is 0 Å². The molecule has 0 aromatic heterocycles. The molecule has 0 aliphatic heterocycles. The Balaban J connectivity index is 3.50. The van der Waals surface area contributed by atoms with Crippen molar-refractivity contribution in [3.8, 4) is 0 Å². The van der Waals surface area contributed by atoms with Gasteiger partial charge in [-0.05, 0) is 77.0 Å². The summed E-state index contributed by atoms with van der Waals surface area (Å²) in [7, 11) is 0. The van der Waals surface area contributed by atoms with Crippen molar-refractivity contribution >= 4 is 5.91 Å². The van der Waals surface area contributed by atoms with Crippen LogP contribution in [0, 0.1) is 0 Å². The topological polar surface area (TPSA) is 69.6 Å². The predicted octanol–water partition coefficient (Wildman–Crippen LogP) is 20.4. The third kappa shape index (κ3) is 55.0. The van der Waals surface area contributed by atoms with Crippen molar-refractivity contribution in [3.05, 3.63) is 60.8 Å². The summed E-state index contributed by atoms with van der Waals surface area (Å²) in [5.74, 6) is -0.0735. The molecule has 4 nitrogen and oxygen atoms in total. The highest BCUT2D eigenvalue weighted by atomic mass is 16.3. The van der Waals surface area contributed by atoms with Crippen LogP contribution in [0.3, 0.4) is 0 Å². The van der Waals surface area contributed by atoms with E-state index < -0.39 is 12.1 Å². The van der Waals surface area contributed by atoms with E-state index in [1.807, 2.05) is 6.08 Å². The van der Waals surface area contributed by atoms with Crippen LogP contribution in [0.25, 0.3) is 0 Å². The molecule has 0 fully saturated rings. The van der Waals surface area contributed by atoms with E-state index in [2.05, 4.69) is 67.8 Å². The number of aliphatic hydroxyl groups excluding tert-OH is 2. The normalized spacial score (nSPS) is 13.2. The van der Waals surface area contributed by atoms with Crippen molar-refractivity contribution in [2.45, 2.75) is 334 Å². The summed E-state index contributed by atoms with van der Waals surface area (Å²) in [6, 6.07) is -0.647. The highest BCUT2D eigenvalue weighted by Crippen LogP contribution is 2.17. The summed E-state index contributed by atoms with van der Waals surface area (Å²) >= 11 is 0. The number of allylic oxidation sites excluding steroid dienone is 9. The van der Waals surface area contributed by atoms with Gasteiger partial charge in [0.25, 0.3) is 0 Å². The fraction of sp³-hybridized carbons (Fsp3) is 0.828. The number of unbranched alkanes of at least 4 members (excludes halogenated alkanes) is 41. The van der Waals surface area contributed by atoms with Crippen LogP contribution in [0.1, 0.15) is 322 Å². The fourth-order valence-electron chi connectivity index (χ4n) is 9.30. The van der Waals surface area contributed by atoms with Gasteiger partial charge in [-0.2, -0.15) is 0 Å². The zero-order valence-corrected chi connectivity index (χ0v) is 45.9. The first-order valence-corrected chi connectivity index (χ1v) is 30.5. The smallest absolute Gasteiger partial charge is 0.220 e. The van der Waals surface area contributed by atoms with Crippen LogP contribution in [-0.2, 0) is 4.79 Å². The lowest BCUT2D eigenvalue weighted by molar-refractivity contribution is -0.123. The summed E-state index contributed by atoms with van der Waals surface area (Å²) in [5.41, 5.74) is 0. The highest BCUT2D eigenvalue weighted by Gasteiger charge is 2.18. The Morgan fingerprint density at radius 2 is 0.618 bits per heavy atom. The van der Waals surface area contributed by atoms with Crippen molar-refractivity contribution < 1.29 is 15.0 Å². The molecule has 0 heterocycles. The van der Waals surface area contributed by atoms with Gasteiger partial charge in [0.2, 0.25) is 5.91 Å². The van der Waals surface area contributed by atoms with Crippen molar-refractivity contribution in [1.29, 1.82) is 0 Å². The number of hydrogen-bond acceptors (Lipinski definition) is 3. The summed E-state index contributed by atoms with van der Waals surface area (Å²) in [6.07, 6.45) is 84.1. The van der Waals surface area contributed by atoms with Gasteiger partial charge in [-0.25, -0.2) is 0 Å². The minimum Gasteiger partial charge on any atom is -0.394 e. The van der Waals surface area contributed by atoms with Gasteiger partial charge in [-0.15, -0.1) is 0 Å². The average Bonchev–Trinajstić information content (AvgIpc) is 3.34. The van der Waals surface area contributed by atoms with Crippen LogP contribution in [0.4, 0.5) is 0 Å². The van der Waals surface area contributed by atoms with E-state index in [1.165, 1.54) is 257 Å². The van der Waals surface area contributed by atoms with Gasteiger partial charge in [0.05, 0.1) is 18.8 Å². The van der Waals surface area contributed by atoms with Crippen molar-refractivity contribution in [1.82, 2.24) is 5.32 Å². The molecule has 3 N–H and O–H groups in total. The van der Waals surface area contributed by atoms with Gasteiger partial charge in [0, 0.05) is 6.42 Å². The molecule has 2 atom stereocenters. The molecule has 0 rings (SSSR count). The number of amides is 1.